The third-order valence-electron chi connectivity index (χ3n) is 1.96. The number of nitrogens with zero attached hydrogens (tertiary/aromatic N) is 3. The van der Waals surface area contributed by atoms with E-state index in [4.69, 9.17) is 11.6 Å². The molecule has 0 amide bonds. The Morgan fingerprint density at radius 1 is 1.47 bits per heavy atom. The summed E-state index contributed by atoms with van der Waals surface area (Å²) in [4.78, 5) is 14.8. The molecule has 0 saturated heterocycles. The van der Waals surface area contributed by atoms with Crippen LogP contribution in [0.1, 0.15) is 16.1 Å². The van der Waals surface area contributed by atoms with Crippen LogP contribution in [0.2, 0.25) is 0 Å². The Balaban J connectivity index is 2.46. The van der Waals surface area contributed by atoms with Crippen LogP contribution in [0.4, 0.5) is 0 Å². The molecule has 0 aliphatic heterocycles. The zero-order valence-corrected chi connectivity index (χ0v) is 8.55. The smallest absolute Gasteiger partial charge is 0.153 e. The summed E-state index contributed by atoms with van der Waals surface area (Å²) in [6.45, 7) is 0. The molecule has 76 valence electrons. The van der Waals surface area contributed by atoms with Crippen LogP contribution in [0.15, 0.2) is 30.6 Å². The molecule has 0 spiro atoms. The first-order valence-corrected chi connectivity index (χ1v) is 4.89. The lowest BCUT2D eigenvalue weighted by Crippen LogP contribution is -1.97. The van der Waals surface area contributed by atoms with Crippen molar-refractivity contribution < 1.29 is 4.79 Å². The van der Waals surface area contributed by atoms with E-state index in [0.29, 0.717) is 17.1 Å². The lowest BCUT2D eigenvalue weighted by Gasteiger charge is -1.97. The van der Waals surface area contributed by atoms with Gasteiger partial charge in [0.05, 0.1) is 17.1 Å². The predicted octanol–water partition coefficient (Wildman–Crippen LogP) is 1.82. The molecule has 0 radical (unpaired) electrons. The van der Waals surface area contributed by atoms with Gasteiger partial charge in [0.15, 0.2) is 12.1 Å². The third kappa shape index (κ3) is 1.89. The Morgan fingerprint density at radius 2 is 2.33 bits per heavy atom. The first-order valence-electron chi connectivity index (χ1n) is 4.36. The van der Waals surface area contributed by atoms with Gasteiger partial charge in [-0.2, -0.15) is 5.10 Å². The Bertz CT molecular complexity index is 467. The first kappa shape index (κ1) is 9.86. The maximum Gasteiger partial charge on any atom is 0.153 e. The van der Waals surface area contributed by atoms with Crippen LogP contribution in [-0.2, 0) is 5.88 Å². The van der Waals surface area contributed by atoms with Crippen LogP contribution in [0.3, 0.4) is 0 Å². The molecule has 4 nitrogen and oxygen atoms in total. The van der Waals surface area contributed by atoms with Crippen LogP contribution >= 0.6 is 11.6 Å². The second-order valence-electron chi connectivity index (χ2n) is 2.92. The maximum atomic E-state index is 10.7. The van der Waals surface area contributed by atoms with E-state index >= 15 is 0 Å². The Hall–Kier alpha value is -1.68. The van der Waals surface area contributed by atoms with Gasteiger partial charge in [-0.15, -0.1) is 11.6 Å². The fourth-order valence-electron chi connectivity index (χ4n) is 1.23. The highest BCUT2D eigenvalue weighted by Crippen LogP contribution is 2.10. The predicted molar refractivity (Wildman–Crippen MR) is 56.3 cm³/mol. The summed E-state index contributed by atoms with van der Waals surface area (Å²) >= 11 is 5.66. The average Bonchev–Trinajstić information content (AvgIpc) is 2.73. The van der Waals surface area contributed by atoms with Gasteiger partial charge in [-0.05, 0) is 12.1 Å². The molecule has 0 atom stereocenters. The van der Waals surface area contributed by atoms with Gasteiger partial charge in [0, 0.05) is 12.4 Å². The molecule has 15 heavy (non-hydrogen) atoms. The summed E-state index contributed by atoms with van der Waals surface area (Å²) in [6, 6.07) is 5.47. The van der Waals surface area contributed by atoms with Crippen molar-refractivity contribution in [3.63, 3.8) is 0 Å². The second-order valence-corrected chi connectivity index (χ2v) is 3.18. The average molecular weight is 222 g/mol. The highest BCUT2D eigenvalue weighted by atomic mass is 35.5. The van der Waals surface area contributed by atoms with E-state index in [2.05, 4.69) is 10.1 Å². The molecule has 0 aliphatic rings. The first-order chi connectivity index (χ1) is 7.35. The van der Waals surface area contributed by atoms with Gasteiger partial charge in [0.25, 0.3) is 0 Å². The lowest BCUT2D eigenvalue weighted by atomic mass is 10.3. The molecule has 5 heteroatoms. The molecule has 0 aliphatic carbocycles. The van der Waals surface area contributed by atoms with Gasteiger partial charge >= 0.3 is 0 Å². The number of aldehydes is 1. The number of pyridine rings is 1. The quantitative estimate of drug-likeness (QED) is 0.587. The van der Waals surface area contributed by atoms with Crippen molar-refractivity contribution >= 4 is 17.9 Å². The number of carbonyl (C=O) groups is 1. The highest BCUT2D eigenvalue weighted by molar-refractivity contribution is 6.17. The molecule has 0 fully saturated rings. The monoisotopic (exact) mass is 221 g/mol. The number of aromatic nitrogens is 3. The van der Waals surface area contributed by atoms with E-state index in [1.54, 1.807) is 23.1 Å². The van der Waals surface area contributed by atoms with E-state index < -0.39 is 0 Å². The van der Waals surface area contributed by atoms with Gasteiger partial charge < -0.3 is 0 Å². The van der Waals surface area contributed by atoms with E-state index in [9.17, 15) is 4.79 Å². The Morgan fingerprint density at radius 3 is 2.87 bits per heavy atom. The summed E-state index contributed by atoms with van der Waals surface area (Å²) in [5, 5.41) is 4.16. The SMILES string of the molecule is O=Cc1cn(-c2ccccn2)nc1CCl. The minimum Gasteiger partial charge on any atom is -0.298 e. The normalized spacial score (nSPS) is 10.2. The summed E-state index contributed by atoms with van der Waals surface area (Å²) in [6.07, 6.45) is 4.02. The van der Waals surface area contributed by atoms with E-state index in [1.165, 1.54) is 0 Å². The molecule has 0 bridgehead atoms. The van der Waals surface area contributed by atoms with Crippen molar-refractivity contribution in [2.45, 2.75) is 5.88 Å². The molecule has 2 heterocycles. The fraction of sp³-hybridized carbons (Fsp3) is 0.100. The summed E-state index contributed by atoms with van der Waals surface area (Å²) in [7, 11) is 0. The van der Waals surface area contributed by atoms with Gasteiger partial charge in [-0.1, -0.05) is 6.07 Å². The molecule has 2 aromatic heterocycles. The molecule has 0 saturated carbocycles. The fourth-order valence-corrected chi connectivity index (χ4v) is 1.44. The Labute approximate surface area is 91.5 Å². The number of rotatable bonds is 3. The van der Waals surface area contributed by atoms with Crippen molar-refractivity contribution in [3.05, 3.63) is 41.9 Å². The van der Waals surface area contributed by atoms with Crippen LogP contribution < -0.4 is 0 Å². The number of carbonyl (C=O) groups excluding carboxylic acids is 1. The molecule has 2 aromatic rings. The minimum atomic E-state index is 0.216. The molecule has 2 rings (SSSR count). The van der Waals surface area contributed by atoms with Crippen LogP contribution in [0, 0.1) is 0 Å². The number of halogens is 1. The van der Waals surface area contributed by atoms with E-state index in [0.717, 1.165) is 6.29 Å². The van der Waals surface area contributed by atoms with Crippen molar-refractivity contribution in [1.82, 2.24) is 14.8 Å². The number of hydrogen-bond acceptors (Lipinski definition) is 3. The summed E-state index contributed by atoms with van der Waals surface area (Å²) in [5.74, 6) is 0.880. The highest BCUT2D eigenvalue weighted by Gasteiger charge is 2.08. The van der Waals surface area contributed by atoms with E-state index in [1.807, 2.05) is 12.1 Å². The van der Waals surface area contributed by atoms with E-state index in [-0.39, 0.29) is 5.88 Å². The standard InChI is InChI=1S/C10H8ClN3O/c11-5-9-8(7-15)6-14(13-9)10-3-1-2-4-12-10/h1-4,6-7H,5H2. The van der Waals surface area contributed by atoms with Gasteiger partial charge in [-0.25, -0.2) is 9.67 Å². The molecular formula is C10H8ClN3O. The summed E-state index contributed by atoms with van der Waals surface area (Å²) in [5.41, 5.74) is 1.06. The molecular weight excluding hydrogens is 214 g/mol. The Kier molecular flexibility index (Phi) is 2.78. The molecule has 0 aromatic carbocycles. The van der Waals surface area contributed by atoms with Crippen LogP contribution in [0.5, 0.6) is 0 Å². The third-order valence-corrected chi connectivity index (χ3v) is 2.21. The zero-order chi connectivity index (χ0) is 10.7. The zero-order valence-electron chi connectivity index (χ0n) is 7.80. The van der Waals surface area contributed by atoms with Gasteiger partial charge in [-0.3, -0.25) is 4.79 Å². The maximum absolute atomic E-state index is 10.7. The second kappa shape index (κ2) is 4.23. The lowest BCUT2D eigenvalue weighted by molar-refractivity contribution is 0.112. The summed E-state index contributed by atoms with van der Waals surface area (Å²) < 4.78 is 1.54. The van der Waals surface area contributed by atoms with Crippen molar-refractivity contribution in [1.29, 1.82) is 0 Å². The number of alkyl halides is 1. The van der Waals surface area contributed by atoms with Gasteiger partial charge in [0.1, 0.15) is 0 Å². The topological polar surface area (TPSA) is 47.8 Å². The van der Waals surface area contributed by atoms with Crippen molar-refractivity contribution in [2.75, 3.05) is 0 Å². The largest absolute Gasteiger partial charge is 0.298 e. The number of hydrogen-bond donors (Lipinski definition) is 0. The minimum absolute atomic E-state index is 0.216. The molecule has 0 N–H and O–H groups in total. The van der Waals surface area contributed by atoms with Crippen molar-refractivity contribution in [3.8, 4) is 5.82 Å². The molecule has 0 unspecified atom stereocenters. The van der Waals surface area contributed by atoms with Crippen LogP contribution in [-0.4, -0.2) is 21.1 Å². The van der Waals surface area contributed by atoms with Crippen molar-refractivity contribution in [2.24, 2.45) is 0 Å². The van der Waals surface area contributed by atoms with Crippen LogP contribution in [0.25, 0.3) is 5.82 Å². The van der Waals surface area contributed by atoms with Gasteiger partial charge in [0.2, 0.25) is 0 Å².